The molecule has 0 unspecified atom stereocenters. The Labute approximate surface area is 127 Å². The average molecular weight is 285 g/mol. The summed E-state index contributed by atoms with van der Waals surface area (Å²) < 4.78 is 2.37. The zero-order valence-electron chi connectivity index (χ0n) is 13.1. The SMILES string of the molecule is CCn1c(CCC2CCCCC2)nc2cc(CN)ccc21. The first-order valence-electron chi connectivity index (χ1n) is 8.50. The molecule has 21 heavy (non-hydrogen) atoms. The van der Waals surface area contributed by atoms with Crippen molar-refractivity contribution in [3.8, 4) is 0 Å². The minimum Gasteiger partial charge on any atom is -0.328 e. The quantitative estimate of drug-likeness (QED) is 0.901. The van der Waals surface area contributed by atoms with Gasteiger partial charge < -0.3 is 10.3 Å². The first-order valence-corrected chi connectivity index (χ1v) is 8.50. The number of aryl methyl sites for hydroxylation is 2. The van der Waals surface area contributed by atoms with Crippen LogP contribution in [0.1, 0.15) is 56.8 Å². The number of hydrogen-bond donors (Lipinski definition) is 1. The number of fused-ring (bicyclic) bond motifs is 1. The first-order chi connectivity index (χ1) is 10.3. The Morgan fingerprint density at radius 1 is 1.24 bits per heavy atom. The second-order valence-electron chi connectivity index (χ2n) is 6.34. The van der Waals surface area contributed by atoms with Crippen LogP contribution in [-0.2, 0) is 19.5 Å². The lowest BCUT2D eigenvalue weighted by atomic mass is 9.86. The molecule has 0 atom stereocenters. The van der Waals surface area contributed by atoms with Crippen molar-refractivity contribution in [2.45, 2.75) is 65.0 Å². The lowest BCUT2D eigenvalue weighted by Crippen LogP contribution is -2.09. The zero-order chi connectivity index (χ0) is 14.7. The van der Waals surface area contributed by atoms with Gasteiger partial charge >= 0.3 is 0 Å². The van der Waals surface area contributed by atoms with Gasteiger partial charge in [0.1, 0.15) is 5.82 Å². The maximum Gasteiger partial charge on any atom is 0.109 e. The molecule has 114 valence electrons. The Kier molecular flexibility index (Phi) is 4.59. The summed E-state index contributed by atoms with van der Waals surface area (Å²) in [5, 5.41) is 0. The van der Waals surface area contributed by atoms with E-state index in [2.05, 4.69) is 29.7 Å². The fourth-order valence-electron chi connectivity index (χ4n) is 3.70. The van der Waals surface area contributed by atoms with Crippen molar-refractivity contribution in [2.75, 3.05) is 0 Å². The molecule has 0 bridgehead atoms. The lowest BCUT2D eigenvalue weighted by molar-refractivity contribution is 0.336. The number of nitrogens with zero attached hydrogens (tertiary/aromatic N) is 2. The molecule has 1 fully saturated rings. The predicted octanol–water partition coefficient (Wildman–Crippen LogP) is 4.03. The van der Waals surface area contributed by atoms with Gasteiger partial charge in [-0.15, -0.1) is 0 Å². The highest BCUT2D eigenvalue weighted by molar-refractivity contribution is 5.77. The van der Waals surface area contributed by atoms with E-state index in [1.54, 1.807) is 0 Å². The summed E-state index contributed by atoms with van der Waals surface area (Å²) in [6.07, 6.45) is 9.54. The standard InChI is InChI=1S/C18H27N3/c1-2-21-17-10-8-15(13-19)12-16(17)20-18(21)11-9-14-6-4-3-5-7-14/h8,10,12,14H,2-7,9,11,13,19H2,1H3. The van der Waals surface area contributed by atoms with E-state index < -0.39 is 0 Å². The molecular weight excluding hydrogens is 258 g/mol. The highest BCUT2D eigenvalue weighted by Gasteiger charge is 2.16. The van der Waals surface area contributed by atoms with Crippen LogP contribution in [0, 0.1) is 5.92 Å². The maximum atomic E-state index is 5.74. The van der Waals surface area contributed by atoms with E-state index in [1.165, 1.54) is 55.4 Å². The van der Waals surface area contributed by atoms with E-state index in [4.69, 9.17) is 10.7 Å². The summed E-state index contributed by atoms with van der Waals surface area (Å²) in [5.74, 6) is 2.18. The molecule has 0 aliphatic heterocycles. The van der Waals surface area contributed by atoms with Gasteiger partial charge in [0.25, 0.3) is 0 Å². The van der Waals surface area contributed by atoms with E-state index >= 15 is 0 Å². The molecule has 2 N–H and O–H groups in total. The molecule has 1 aromatic heterocycles. The fourth-order valence-corrected chi connectivity index (χ4v) is 3.70. The predicted molar refractivity (Wildman–Crippen MR) is 88.2 cm³/mol. The van der Waals surface area contributed by atoms with Crippen LogP contribution in [0.25, 0.3) is 11.0 Å². The van der Waals surface area contributed by atoms with E-state index in [1.807, 2.05) is 0 Å². The van der Waals surface area contributed by atoms with Crippen LogP contribution in [0.4, 0.5) is 0 Å². The highest BCUT2D eigenvalue weighted by atomic mass is 15.1. The average Bonchev–Trinajstić information content (AvgIpc) is 2.90. The summed E-state index contributed by atoms with van der Waals surface area (Å²) in [7, 11) is 0. The van der Waals surface area contributed by atoms with Gasteiger partial charge in [-0.05, 0) is 37.0 Å². The lowest BCUT2D eigenvalue weighted by Gasteiger charge is -2.21. The monoisotopic (exact) mass is 285 g/mol. The van der Waals surface area contributed by atoms with Crippen LogP contribution in [0.5, 0.6) is 0 Å². The smallest absolute Gasteiger partial charge is 0.109 e. The van der Waals surface area contributed by atoms with E-state index in [0.29, 0.717) is 6.54 Å². The summed E-state index contributed by atoms with van der Waals surface area (Å²) in [5.41, 5.74) is 9.28. The topological polar surface area (TPSA) is 43.8 Å². The van der Waals surface area contributed by atoms with Gasteiger partial charge in [0.15, 0.2) is 0 Å². The van der Waals surface area contributed by atoms with Crippen molar-refractivity contribution in [1.82, 2.24) is 9.55 Å². The molecule has 3 rings (SSSR count). The van der Waals surface area contributed by atoms with Crippen molar-refractivity contribution in [3.05, 3.63) is 29.6 Å². The van der Waals surface area contributed by atoms with Crippen molar-refractivity contribution in [3.63, 3.8) is 0 Å². The molecule has 1 aromatic carbocycles. The van der Waals surface area contributed by atoms with Gasteiger partial charge in [-0.3, -0.25) is 0 Å². The van der Waals surface area contributed by atoms with Crippen molar-refractivity contribution in [1.29, 1.82) is 0 Å². The zero-order valence-corrected chi connectivity index (χ0v) is 13.1. The second kappa shape index (κ2) is 6.61. The number of hydrogen-bond acceptors (Lipinski definition) is 2. The summed E-state index contributed by atoms with van der Waals surface area (Å²) in [6, 6.07) is 6.45. The molecule has 1 aliphatic rings. The van der Waals surface area contributed by atoms with Gasteiger partial charge in [-0.2, -0.15) is 0 Å². The van der Waals surface area contributed by atoms with E-state index in [9.17, 15) is 0 Å². The van der Waals surface area contributed by atoms with E-state index in [-0.39, 0.29) is 0 Å². The van der Waals surface area contributed by atoms with Gasteiger partial charge in [0.2, 0.25) is 0 Å². The first kappa shape index (κ1) is 14.6. The minimum atomic E-state index is 0.590. The number of rotatable bonds is 5. The summed E-state index contributed by atoms with van der Waals surface area (Å²) >= 11 is 0. The van der Waals surface area contributed by atoms with Crippen LogP contribution >= 0.6 is 0 Å². The Morgan fingerprint density at radius 2 is 2.05 bits per heavy atom. The third-order valence-corrected chi connectivity index (χ3v) is 4.94. The number of nitrogens with two attached hydrogens (primary N) is 1. The van der Waals surface area contributed by atoms with Crippen LogP contribution in [0.15, 0.2) is 18.2 Å². The Hall–Kier alpha value is -1.35. The molecule has 2 aromatic rings. The number of aromatic nitrogens is 2. The van der Waals surface area contributed by atoms with Crippen LogP contribution in [0.2, 0.25) is 0 Å². The molecule has 3 heteroatoms. The Morgan fingerprint density at radius 3 is 2.76 bits per heavy atom. The van der Waals surface area contributed by atoms with Gasteiger partial charge in [0, 0.05) is 19.5 Å². The third kappa shape index (κ3) is 3.13. The Balaban J connectivity index is 1.80. The maximum absolute atomic E-state index is 5.74. The number of benzene rings is 1. The van der Waals surface area contributed by atoms with Gasteiger partial charge in [0.05, 0.1) is 11.0 Å². The van der Waals surface area contributed by atoms with Gasteiger partial charge in [-0.25, -0.2) is 4.98 Å². The molecule has 0 radical (unpaired) electrons. The summed E-state index contributed by atoms with van der Waals surface area (Å²) in [4.78, 5) is 4.88. The molecule has 1 saturated carbocycles. The minimum absolute atomic E-state index is 0.590. The molecule has 1 heterocycles. The molecular formula is C18H27N3. The highest BCUT2D eigenvalue weighted by Crippen LogP contribution is 2.28. The van der Waals surface area contributed by atoms with Crippen molar-refractivity contribution in [2.24, 2.45) is 11.7 Å². The molecule has 0 amide bonds. The van der Waals surface area contributed by atoms with Crippen LogP contribution in [0.3, 0.4) is 0 Å². The fraction of sp³-hybridized carbons (Fsp3) is 0.611. The normalized spacial score (nSPS) is 16.7. The van der Waals surface area contributed by atoms with Crippen molar-refractivity contribution < 1.29 is 0 Å². The molecule has 0 saturated heterocycles. The molecule has 0 spiro atoms. The van der Waals surface area contributed by atoms with Crippen LogP contribution in [-0.4, -0.2) is 9.55 Å². The molecule has 1 aliphatic carbocycles. The van der Waals surface area contributed by atoms with Crippen LogP contribution < -0.4 is 5.73 Å². The van der Waals surface area contributed by atoms with E-state index in [0.717, 1.165) is 24.4 Å². The third-order valence-electron chi connectivity index (χ3n) is 4.94. The molecule has 3 nitrogen and oxygen atoms in total. The van der Waals surface area contributed by atoms with Crippen molar-refractivity contribution >= 4 is 11.0 Å². The number of imidazole rings is 1. The summed E-state index contributed by atoms with van der Waals surface area (Å²) in [6.45, 7) is 3.80. The Bertz CT molecular complexity index is 594. The van der Waals surface area contributed by atoms with Gasteiger partial charge in [-0.1, -0.05) is 38.2 Å². The largest absolute Gasteiger partial charge is 0.328 e. The second-order valence-corrected chi connectivity index (χ2v) is 6.34.